The molecule has 0 bridgehead atoms. The first kappa shape index (κ1) is 18.5. The number of thioether (sulfide) groups is 1. The second kappa shape index (κ2) is 8.34. The Bertz CT molecular complexity index is 480. The zero-order valence-corrected chi connectivity index (χ0v) is 13.2. The number of hydrogen-bond acceptors (Lipinski definition) is 4. The molecule has 1 aromatic rings. The van der Waals surface area contributed by atoms with Crippen LogP contribution < -0.4 is 5.32 Å². The van der Waals surface area contributed by atoms with Crippen molar-refractivity contribution in [2.24, 2.45) is 5.92 Å². The lowest BCUT2D eigenvalue weighted by molar-refractivity contribution is -0.143. The smallest absolute Gasteiger partial charge is 0.401 e. The van der Waals surface area contributed by atoms with Crippen molar-refractivity contribution in [2.45, 2.75) is 30.7 Å². The van der Waals surface area contributed by atoms with Crippen LogP contribution in [0.1, 0.15) is 17.9 Å². The lowest BCUT2D eigenvalue weighted by Gasteiger charge is -2.17. The summed E-state index contributed by atoms with van der Waals surface area (Å²) >= 11 is 0.502. The van der Waals surface area contributed by atoms with Crippen LogP contribution in [0, 0.1) is 5.92 Å². The SMILES string of the molecule is FC(F)SCc1ccc(CNCC2CCN(CC(F)(F)F)C2)o1. The van der Waals surface area contributed by atoms with Crippen molar-refractivity contribution in [1.29, 1.82) is 0 Å². The number of rotatable bonds is 8. The monoisotopic (exact) mass is 358 g/mol. The first-order valence-corrected chi connectivity index (χ1v) is 8.34. The van der Waals surface area contributed by atoms with Crippen LogP contribution in [0.2, 0.25) is 0 Å². The van der Waals surface area contributed by atoms with Crippen molar-refractivity contribution in [1.82, 2.24) is 10.2 Å². The third-order valence-electron chi connectivity index (χ3n) is 3.57. The lowest BCUT2D eigenvalue weighted by Crippen LogP contribution is -2.33. The minimum absolute atomic E-state index is 0.118. The highest BCUT2D eigenvalue weighted by molar-refractivity contribution is 7.98. The predicted octanol–water partition coefficient (Wildman–Crippen LogP) is 3.71. The highest BCUT2D eigenvalue weighted by Crippen LogP contribution is 2.23. The van der Waals surface area contributed by atoms with Crippen LogP contribution in [0.15, 0.2) is 16.5 Å². The molecule has 23 heavy (non-hydrogen) atoms. The first-order valence-electron chi connectivity index (χ1n) is 7.29. The molecule has 1 fully saturated rings. The van der Waals surface area contributed by atoms with Crippen LogP contribution in [0.25, 0.3) is 0 Å². The molecular weight excluding hydrogens is 339 g/mol. The number of halogens is 5. The van der Waals surface area contributed by atoms with E-state index >= 15 is 0 Å². The molecule has 9 heteroatoms. The van der Waals surface area contributed by atoms with Crippen LogP contribution >= 0.6 is 11.8 Å². The average Bonchev–Trinajstić information content (AvgIpc) is 3.04. The summed E-state index contributed by atoms with van der Waals surface area (Å²) in [6, 6.07) is 3.38. The molecule has 2 heterocycles. The third kappa shape index (κ3) is 7.09. The Morgan fingerprint density at radius 1 is 1.30 bits per heavy atom. The lowest BCUT2D eigenvalue weighted by atomic mass is 10.1. The molecule has 0 aliphatic carbocycles. The minimum Gasteiger partial charge on any atom is -0.464 e. The van der Waals surface area contributed by atoms with Gasteiger partial charge in [-0.2, -0.15) is 22.0 Å². The van der Waals surface area contributed by atoms with Crippen LogP contribution in [0.4, 0.5) is 22.0 Å². The van der Waals surface area contributed by atoms with Gasteiger partial charge in [-0.3, -0.25) is 4.90 Å². The predicted molar refractivity (Wildman–Crippen MR) is 78.3 cm³/mol. The Hall–Kier alpha value is -0.800. The van der Waals surface area contributed by atoms with E-state index in [9.17, 15) is 22.0 Å². The van der Waals surface area contributed by atoms with Gasteiger partial charge in [-0.05, 0) is 37.6 Å². The summed E-state index contributed by atoms with van der Waals surface area (Å²) in [6.07, 6.45) is -3.42. The van der Waals surface area contributed by atoms with Gasteiger partial charge in [0.2, 0.25) is 0 Å². The molecule has 1 aliphatic rings. The number of nitrogens with zero attached hydrogens (tertiary/aromatic N) is 1. The number of nitrogens with one attached hydrogen (secondary N) is 1. The van der Waals surface area contributed by atoms with Gasteiger partial charge in [-0.25, -0.2) is 0 Å². The highest BCUT2D eigenvalue weighted by Gasteiger charge is 2.34. The Balaban J connectivity index is 1.64. The molecule has 2 rings (SSSR count). The Labute approximate surface area is 135 Å². The molecule has 1 atom stereocenters. The van der Waals surface area contributed by atoms with Gasteiger partial charge in [-0.15, -0.1) is 0 Å². The molecule has 0 aromatic carbocycles. The van der Waals surface area contributed by atoms with Gasteiger partial charge in [0.25, 0.3) is 5.76 Å². The van der Waals surface area contributed by atoms with E-state index in [1.165, 1.54) is 4.90 Å². The minimum atomic E-state index is -4.15. The van der Waals surface area contributed by atoms with E-state index in [4.69, 9.17) is 4.42 Å². The fourth-order valence-corrected chi connectivity index (χ4v) is 3.06. The Morgan fingerprint density at radius 3 is 2.74 bits per heavy atom. The van der Waals surface area contributed by atoms with Crippen molar-refractivity contribution in [2.75, 3.05) is 26.2 Å². The standard InChI is InChI=1S/C14H19F5N2OS/c15-13(16)23-8-12-2-1-11(22-12)6-20-5-10-3-4-21(7-10)9-14(17,18)19/h1-2,10,13,20H,3-9H2. The summed E-state index contributed by atoms with van der Waals surface area (Å²) in [6.45, 7) is 1.08. The first-order chi connectivity index (χ1) is 10.8. The molecule has 1 N–H and O–H groups in total. The normalized spacial score (nSPS) is 19.8. The van der Waals surface area contributed by atoms with Crippen molar-refractivity contribution < 1.29 is 26.4 Å². The second-order valence-corrected chi connectivity index (χ2v) is 6.55. The highest BCUT2D eigenvalue weighted by atomic mass is 32.2. The number of hydrogen-bond donors (Lipinski definition) is 1. The zero-order chi connectivity index (χ0) is 16.9. The van der Waals surface area contributed by atoms with Gasteiger partial charge in [-0.1, -0.05) is 11.8 Å². The number of furan rings is 1. The fraction of sp³-hybridized carbons (Fsp3) is 0.714. The molecule has 1 unspecified atom stereocenters. The summed E-state index contributed by atoms with van der Waals surface area (Å²) in [5.41, 5.74) is 0. The van der Waals surface area contributed by atoms with E-state index in [-0.39, 0.29) is 11.7 Å². The van der Waals surface area contributed by atoms with Gasteiger partial charge >= 0.3 is 6.18 Å². The maximum Gasteiger partial charge on any atom is 0.401 e. The van der Waals surface area contributed by atoms with E-state index in [1.54, 1.807) is 12.1 Å². The van der Waals surface area contributed by atoms with Gasteiger partial charge in [0, 0.05) is 6.54 Å². The van der Waals surface area contributed by atoms with E-state index in [2.05, 4.69) is 5.32 Å². The topological polar surface area (TPSA) is 28.4 Å². The summed E-state index contributed by atoms with van der Waals surface area (Å²) in [4.78, 5) is 1.42. The molecule has 1 saturated heterocycles. The van der Waals surface area contributed by atoms with E-state index in [0.29, 0.717) is 49.5 Å². The van der Waals surface area contributed by atoms with Crippen LogP contribution in [-0.2, 0) is 12.3 Å². The molecular formula is C14H19F5N2OS. The molecule has 132 valence electrons. The Morgan fingerprint density at radius 2 is 2.04 bits per heavy atom. The average molecular weight is 358 g/mol. The van der Waals surface area contributed by atoms with Crippen LogP contribution in [0.3, 0.4) is 0 Å². The maximum absolute atomic E-state index is 12.3. The summed E-state index contributed by atoms with van der Waals surface area (Å²) in [5.74, 6) is -0.999. The molecule has 0 radical (unpaired) electrons. The third-order valence-corrected chi connectivity index (χ3v) is 4.28. The molecule has 0 amide bonds. The number of alkyl halides is 5. The van der Waals surface area contributed by atoms with Gasteiger partial charge in [0.15, 0.2) is 0 Å². The molecule has 1 aromatic heterocycles. The molecule has 3 nitrogen and oxygen atoms in total. The van der Waals surface area contributed by atoms with Gasteiger partial charge < -0.3 is 9.73 Å². The van der Waals surface area contributed by atoms with Gasteiger partial charge in [0.05, 0.1) is 18.8 Å². The molecule has 1 aliphatic heterocycles. The van der Waals surface area contributed by atoms with E-state index in [0.717, 1.165) is 6.42 Å². The summed E-state index contributed by atoms with van der Waals surface area (Å²) in [7, 11) is 0. The Kier molecular flexibility index (Phi) is 6.72. The van der Waals surface area contributed by atoms with Crippen molar-refractivity contribution in [3.8, 4) is 0 Å². The largest absolute Gasteiger partial charge is 0.464 e. The van der Waals surface area contributed by atoms with E-state index < -0.39 is 18.5 Å². The molecule has 0 spiro atoms. The molecule has 0 saturated carbocycles. The van der Waals surface area contributed by atoms with E-state index in [1.807, 2.05) is 0 Å². The summed E-state index contributed by atoms with van der Waals surface area (Å²) in [5, 5.41) is 3.15. The zero-order valence-electron chi connectivity index (χ0n) is 12.4. The van der Waals surface area contributed by atoms with Crippen molar-refractivity contribution in [3.05, 3.63) is 23.7 Å². The van der Waals surface area contributed by atoms with Crippen molar-refractivity contribution >= 4 is 11.8 Å². The quantitative estimate of drug-likeness (QED) is 0.717. The fourth-order valence-electron chi connectivity index (χ4n) is 2.62. The summed E-state index contributed by atoms with van der Waals surface area (Å²) < 4.78 is 66.5. The van der Waals surface area contributed by atoms with Crippen LogP contribution in [-0.4, -0.2) is 43.0 Å². The van der Waals surface area contributed by atoms with Crippen molar-refractivity contribution in [3.63, 3.8) is 0 Å². The maximum atomic E-state index is 12.3. The van der Waals surface area contributed by atoms with Gasteiger partial charge in [0.1, 0.15) is 11.5 Å². The van der Waals surface area contributed by atoms with Crippen LogP contribution in [0.5, 0.6) is 0 Å². The number of likely N-dealkylation sites (tertiary alicyclic amines) is 1. The second-order valence-electron chi connectivity index (χ2n) is 5.58.